The van der Waals surface area contributed by atoms with Gasteiger partial charge in [0.2, 0.25) is 5.91 Å². The van der Waals surface area contributed by atoms with Crippen LogP contribution in [0.5, 0.6) is 0 Å². The van der Waals surface area contributed by atoms with Gasteiger partial charge in [-0.1, -0.05) is 51.4 Å². The number of amides is 1. The number of likely N-dealkylation sites (tertiary alicyclic amines) is 1. The molecule has 0 spiro atoms. The standard InChI is InChI=1S/C20H31ClN2O/c1-16-9-11-22(12-10-16)13-14-23(19(24)20(2,3)4)15-17-5-7-18(21)8-6-17/h5-8,16H,9-15H2,1-4H3. The average Bonchev–Trinajstić information content (AvgIpc) is 2.53. The van der Waals surface area contributed by atoms with Crippen LogP contribution in [-0.2, 0) is 11.3 Å². The monoisotopic (exact) mass is 350 g/mol. The third-order valence-electron chi connectivity index (χ3n) is 4.78. The van der Waals surface area contributed by atoms with E-state index in [0.29, 0.717) is 6.54 Å². The minimum Gasteiger partial charge on any atom is -0.337 e. The third kappa shape index (κ3) is 5.78. The fourth-order valence-electron chi connectivity index (χ4n) is 3.08. The molecule has 1 aromatic carbocycles. The first-order valence-electron chi connectivity index (χ1n) is 9.02. The number of carbonyl (C=O) groups is 1. The summed E-state index contributed by atoms with van der Waals surface area (Å²) < 4.78 is 0. The molecule has 134 valence electrons. The molecule has 1 amide bonds. The maximum absolute atomic E-state index is 12.8. The number of piperidine rings is 1. The summed E-state index contributed by atoms with van der Waals surface area (Å²) in [4.78, 5) is 17.3. The summed E-state index contributed by atoms with van der Waals surface area (Å²) in [5.74, 6) is 1.05. The first-order valence-corrected chi connectivity index (χ1v) is 9.39. The Kier molecular flexibility index (Phi) is 6.70. The Hall–Kier alpha value is -1.06. The van der Waals surface area contributed by atoms with Crippen LogP contribution in [0.4, 0.5) is 0 Å². The molecule has 1 fully saturated rings. The smallest absolute Gasteiger partial charge is 0.228 e. The molecule has 1 aliphatic heterocycles. The molecular weight excluding hydrogens is 320 g/mol. The third-order valence-corrected chi connectivity index (χ3v) is 5.03. The van der Waals surface area contributed by atoms with Gasteiger partial charge in [-0.25, -0.2) is 0 Å². The van der Waals surface area contributed by atoms with Crippen LogP contribution in [0, 0.1) is 11.3 Å². The summed E-state index contributed by atoms with van der Waals surface area (Å²) in [6.45, 7) is 13.0. The molecule has 0 aromatic heterocycles. The lowest BCUT2D eigenvalue weighted by atomic mass is 9.94. The Morgan fingerprint density at radius 1 is 1.21 bits per heavy atom. The van der Waals surface area contributed by atoms with Gasteiger partial charge in [-0.2, -0.15) is 0 Å². The Bertz CT molecular complexity index is 528. The van der Waals surface area contributed by atoms with E-state index in [1.807, 2.05) is 49.9 Å². The molecule has 0 N–H and O–H groups in total. The van der Waals surface area contributed by atoms with Crippen LogP contribution in [0.3, 0.4) is 0 Å². The summed E-state index contributed by atoms with van der Waals surface area (Å²) >= 11 is 5.97. The molecule has 0 saturated carbocycles. The van der Waals surface area contributed by atoms with E-state index in [-0.39, 0.29) is 11.3 Å². The fraction of sp³-hybridized carbons (Fsp3) is 0.650. The van der Waals surface area contributed by atoms with Crippen LogP contribution in [0.15, 0.2) is 24.3 Å². The highest BCUT2D eigenvalue weighted by Crippen LogP contribution is 2.21. The molecule has 2 rings (SSSR count). The van der Waals surface area contributed by atoms with Crippen molar-refractivity contribution in [3.05, 3.63) is 34.9 Å². The Morgan fingerprint density at radius 3 is 2.33 bits per heavy atom. The zero-order valence-corrected chi connectivity index (χ0v) is 16.3. The quantitative estimate of drug-likeness (QED) is 0.783. The van der Waals surface area contributed by atoms with Gasteiger partial charge in [0.1, 0.15) is 0 Å². The number of carbonyl (C=O) groups excluding carboxylic acids is 1. The molecule has 0 atom stereocenters. The van der Waals surface area contributed by atoms with Crippen LogP contribution < -0.4 is 0 Å². The van der Waals surface area contributed by atoms with Crippen LogP contribution in [0.1, 0.15) is 46.1 Å². The van der Waals surface area contributed by atoms with Crippen molar-refractivity contribution in [2.24, 2.45) is 11.3 Å². The van der Waals surface area contributed by atoms with Gasteiger partial charge in [-0.05, 0) is 49.5 Å². The highest BCUT2D eigenvalue weighted by molar-refractivity contribution is 6.30. The second-order valence-corrected chi connectivity index (χ2v) is 8.56. The minimum atomic E-state index is -0.358. The van der Waals surface area contributed by atoms with Gasteiger partial charge < -0.3 is 9.80 Å². The van der Waals surface area contributed by atoms with Gasteiger partial charge in [0, 0.05) is 30.1 Å². The first kappa shape index (κ1) is 19.3. The van der Waals surface area contributed by atoms with Crippen molar-refractivity contribution in [1.82, 2.24) is 9.80 Å². The van der Waals surface area contributed by atoms with Crippen molar-refractivity contribution in [2.45, 2.75) is 47.1 Å². The van der Waals surface area contributed by atoms with Crippen molar-refractivity contribution in [1.29, 1.82) is 0 Å². The fourth-order valence-corrected chi connectivity index (χ4v) is 3.21. The lowest BCUT2D eigenvalue weighted by molar-refractivity contribution is -0.140. The molecule has 4 heteroatoms. The van der Waals surface area contributed by atoms with E-state index in [9.17, 15) is 4.79 Å². The Morgan fingerprint density at radius 2 is 1.79 bits per heavy atom. The molecule has 1 heterocycles. The number of hydrogen-bond acceptors (Lipinski definition) is 2. The zero-order chi connectivity index (χ0) is 17.7. The highest BCUT2D eigenvalue weighted by Gasteiger charge is 2.28. The second kappa shape index (κ2) is 8.35. The van der Waals surface area contributed by atoms with Gasteiger partial charge >= 0.3 is 0 Å². The number of benzene rings is 1. The molecule has 3 nitrogen and oxygen atoms in total. The maximum atomic E-state index is 12.8. The largest absolute Gasteiger partial charge is 0.337 e. The number of nitrogens with zero attached hydrogens (tertiary/aromatic N) is 2. The van der Waals surface area contributed by atoms with Crippen molar-refractivity contribution in [3.63, 3.8) is 0 Å². The van der Waals surface area contributed by atoms with E-state index in [0.717, 1.165) is 42.7 Å². The van der Waals surface area contributed by atoms with Crippen LogP contribution in [0.2, 0.25) is 5.02 Å². The molecule has 24 heavy (non-hydrogen) atoms. The number of hydrogen-bond donors (Lipinski definition) is 0. The van der Waals surface area contributed by atoms with E-state index in [1.165, 1.54) is 12.8 Å². The van der Waals surface area contributed by atoms with E-state index < -0.39 is 0 Å². The second-order valence-electron chi connectivity index (χ2n) is 8.13. The lowest BCUT2D eigenvalue weighted by Crippen LogP contribution is -2.44. The van der Waals surface area contributed by atoms with Gasteiger partial charge in [-0.15, -0.1) is 0 Å². The molecule has 0 aliphatic carbocycles. The van der Waals surface area contributed by atoms with Crippen LogP contribution in [0.25, 0.3) is 0 Å². The normalized spacial score (nSPS) is 17.0. The van der Waals surface area contributed by atoms with Crippen molar-refractivity contribution < 1.29 is 4.79 Å². The van der Waals surface area contributed by atoms with Gasteiger partial charge in [-0.3, -0.25) is 4.79 Å². The lowest BCUT2D eigenvalue weighted by Gasteiger charge is -2.34. The molecule has 0 unspecified atom stereocenters. The van der Waals surface area contributed by atoms with Gasteiger partial charge in [0.25, 0.3) is 0 Å². The molecule has 1 aromatic rings. The number of halogens is 1. The Labute approximate surface area is 152 Å². The Balaban J connectivity index is 1.99. The molecular formula is C20H31ClN2O. The van der Waals surface area contributed by atoms with Crippen molar-refractivity contribution in [2.75, 3.05) is 26.2 Å². The van der Waals surface area contributed by atoms with Crippen LogP contribution >= 0.6 is 11.6 Å². The molecule has 0 bridgehead atoms. The van der Waals surface area contributed by atoms with Crippen molar-refractivity contribution >= 4 is 17.5 Å². The minimum absolute atomic E-state index is 0.211. The summed E-state index contributed by atoms with van der Waals surface area (Å²) in [6, 6.07) is 7.80. The topological polar surface area (TPSA) is 23.6 Å². The van der Waals surface area contributed by atoms with E-state index >= 15 is 0 Å². The van der Waals surface area contributed by atoms with E-state index in [2.05, 4.69) is 11.8 Å². The predicted molar refractivity (Wildman–Crippen MR) is 101 cm³/mol. The first-order chi connectivity index (χ1) is 11.3. The summed E-state index contributed by atoms with van der Waals surface area (Å²) in [7, 11) is 0. The van der Waals surface area contributed by atoms with Crippen LogP contribution in [-0.4, -0.2) is 41.9 Å². The molecule has 1 saturated heterocycles. The maximum Gasteiger partial charge on any atom is 0.228 e. The average molecular weight is 351 g/mol. The van der Waals surface area contributed by atoms with E-state index in [1.54, 1.807) is 0 Å². The molecule has 0 radical (unpaired) electrons. The molecule has 1 aliphatic rings. The van der Waals surface area contributed by atoms with Crippen molar-refractivity contribution in [3.8, 4) is 0 Å². The zero-order valence-electron chi connectivity index (χ0n) is 15.5. The van der Waals surface area contributed by atoms with Gasteiger partial charge in [0.15, 0.2) is 0 Å². The predicted octanol–water partition coefficient (Wildman–Crippen LogP) is 4.45. The van der Waals surface area contributed by atoms with Gasteiger partial charge in [0.05, 0.1) is 0 Å². The SMILES string of the molecule is CC1CCN(CCN(Cc2ccc(Cl)cc2)C(=O)C(C)(C)C)CC1. The summed E-state index contributed by atoms with van der Waals surface area (Å²) in [6.07, 6.45) is 2.54. The number of rotatable bonds is 5. The highest BCUT2D eigenvalue weighted by atomic mass is 35.5. The summed E-state index contributed by atoms with van der Waals surface area (Å²) in [5, 5.41) is 0.731. The van der Waals surface area contributed by atoms with E-state index in [4.69, 9.17) is 11.6 Å². The summed E-state index contributed by atoms with van der Waals surface area (Å²) in [5.41, 5.74) is 0.771.